The van der Waals surface area contributed by atoms with Gasteiger partial charge in [-0.1, -0.05) is 37.3 Å². The molecule has 2 amide bonds. The molecule has 7 nitrogen and oxygen atoms in total. The summed E-state index contributed by atoms with van der Waals surface area (Å²) in [5, 5.41) is 5.63. The van der Waals surface area contributed by atoms with E-state index in [1.165, 1.54) is 19.8 Å². The largest absolute Gasteiger partial charge is 0.494 e. The summed E-state index contributed by atoms with van der Waals surface area (Å²) in [5.74, 6) is 0.988. The van der Waals surface area contributed by atoms with Gasteiger partial charge in [-0.2, -0.15) is 0 Å². The summed E-state index contributed by atoms with van der Waals surface area (Å²) in [4.78, 5) is 25.0. The molecular weight excluding hydrogens is 420 g/mol. The Morgan fingerprint density at radius 2 is 1.42 bits per heavy atom. The van der Waals surface area contributed by atoms with E-state index < -0.39 is 0 Å². The molecule has 0 atom stereocenters. The number of benzene rings is 3. The highest BCUT2D eigenvalue weighted by Gasteiger charge is 2.16. The number of rotatable bonds is 10. The lowest BCUT2D eigenvalue weighted by atomic mass is 10.2. The predicted octanol–water partition coefficient (Wildman–Crippen LogP) is 4.93. The van der Waals surface area contributed by atoms with Crippen molar-refractivity contribution in [2.45, 2.75) is 19.8 Å². The van der Waals surface area contributed by atoms with Crippen LogP contribution in [0.2, 0.25) is 0 Å². The van der Waals surface area contributed by atoms with Crippen molar-refractivity contribution in [3.05, 3.63) is 77.9 Å². The van der Waals surface area contributed by atoms with E-state index in [0.717, 1.165) is 12.2 Å². The Labute approximate surface area is 193 Å². The molecule has 0 spiro atoms. The molecule has 0 saturated carbocycles. The third-order valence-corrected chi connectivity index (χ3v) is 5.01. The molecule has 0 aliphatic heterocycles. The van der Waals surface area contributed by atoms with Gasteiger partial charge in [0.25, 0.3) is 5.91 Å². The first-order valence-corrected chi connectivity index (χ1v) is 10.7. The minimum Gasteiger partial charge on any atom is -0.494 e. The standard InChI is InChI=1S/C26H28N2O5/c1-4-18-10-12-20(13-11-18)33-15-14-25(29)27-21-16-24(32-3)22(17-23(21)31-2)28-26(30)19-8-6-5-7-9-19/h5-13,16-17H,4,14-15H2,1-3H3,(H,27,29)(H,28,30). The van der Waals surface area contributed by atoms with E-state index in [9.17, 15) is 9.59 Å². The zero-order chi connectivity index (χ0) is 23.6. The molecule has 0 aliphatic rings. The van der Waals surface area contributed by atoms with E-state index in [1.54, 1.807) is 36.4 Å². The molecule has 3 rings (SSSR count). The molecule has 172 valence electrons. The molecule has 0 radical (unpaired) electrons. The smallest absolute Gasteiger partial charge is 0.255 e. The molecule has 0 bridgehead atoms. The van der Waals surface area contributed by atoms with Gasteiger partial charge in [0.1, 0.15) is 17.2 Å². The molecule has 2 N–H and O–H groups in total. The first-order chi connectivity index (χ1) is 16.0. The van der Waals surface area contributed by atoms with Gasteiger partial charge in [-0.15, -0.1) is 0 Å². The molecule has 0 saturated heterocycles. The minimum atomic E-state index is -0.281. The topological polar surface area (TPSA) is 85.9 Å². The number of amides is 2. The van der Waals surface area contributed by atoms with Crippen molar-refractivity contribution in [1.82, 2.24) is 0 Å². The number of nitrogens with one attached hydrogen (secondary N) is 2. The minimum absolute atomic E-state index is 0.160. The van der Waals surface area contributed by atoms with Crippen LogP contribution in [0, 0.1) is 0 Å². The second kappa shape index (κ2) is 11.6. The molecule has 0 fully saturated rings. The number of hydrogen-bond donors (Lipinski definition) is 2. The third-order valence-electron chi connectivity index (χ3n) is 5.01. The van der Waals surface area contributed by atoms with E-state index in [1.807, 2.05) is 30.3 Å². The van der Waals surface area contributed by atoms with Crippen molar-refractivity contribution in [1.29, 1.82) is 0 Å². The lowest BCUT2D eigenvalue weighted by Crippen LogP contribution is -2.16. The average molecular weight is 449 g/mol. The van der Waals surface area contributed by atoms with Crippen LogP contribution in [0.5, 0.6) is 17.2 Å². The fourth-order valence-electron chi connectivity index (χ4n) is 3.17. The van der Waals surface area contributed by atoms with Gasteiger partial charge in [0.2, 0.25) is 5.91 Å². The summed E-state index contributed by atoms with van der Waals surface area (Å²) in [6, 6.07) is 19.9. The van der Waals surface area contributed by atoms with Crippen LogP contribution in [0.3, 0.4) is 0 Å². The monoisotopic (exact) mass is 448 g/mol. The Bertz CT molecular complexity index is 1080. The Kier molecular flexibility index (Phi) is 8.30. The van der Waals surface area contributed by atoms with Gasteiger partial charge in [0.05, 0.1) is 38.6 Å². The van der Waals surface area contributed by atoms with Crippen molar-refractivity contribution < 1.29 is 23.8 Å². The number of aryl methyl sites for hydroxylation is 1. The van der Waals surface area contributed by atoms with Crippen molar-refractivity contribution >= 4 is 23.2 Å². The highest BCUT2D eigenvalue weighted by atomic mass is 16.5. The van der Waals surface area contributed by atoms with Crippen LogP contribution in [0.25, 0.3) is 0 Å². The number of hydrogen-bond acceptors (Lipinski definition) is 5. The van der Waals surface area contributed by atoms with Gasteiger partial charge in [0, 0.05) is 17.7 Å². The predicted molar refractivity (Wildman–Crippen MR) is 129 cm³/mol. The van der Waals surface area contributed by atoms with Crippen molar-refractivity contribution in [2.24, 2.45) is 0 Å². The number of ether oxygens (including phenoxy) is 3. The van der Waals surface area contributed by atoms with Crippen LogP contribution in [-0.2, 0) is 11.2 Å². The second-order valence-electron chi connectivity index (χ2n) is 7.22. The van der Waals surface area contributed by atoms with Crippen molar-refractivity contribution in [2.75, 3.05) is 31.5 Å². The fourth-order valence-corrected chi connectivity index (χ4v) is 3.17. The van der Waals surface area contributed by atoms with Gasteiger partial charge in [-0.05, 0) is 36.2 Å². The molecule has 0 unspecified atom stereocenters. The van der Waals surface area contributed by atoms with Gasteiger partial charge in [-0.3, -0.25) is 9.59 Å². The van der Waals surface area contributed by atoms with Gasteiger partial charge >= 0.3 is 0 Å². The summed E-state index contributed by atoms with van der Waals surface area (Å²) < 4.78 is 16.5. The van der Waals surface area contributed by atoms with Crippen molar-refractivity contribution in [3.63, 3.8) is 0 Å². The summed E-state index contributed by atoms with van der Waals surface area (Å²) in [6.07, 6.45) is 1.12. The van der Waals surface area contributed by atoms with Crippen LogP contribution in [0.4, 0.5) is 11.4 Å². The Morgan fingerprint density at radius 1 is 0.818 bits per heavy atom. The SMILES string of the molecule is CCc1ccc(OCCC(=O)Nc2cc(OC)c(NC(=O)c3ccccc3)cc2OC)cc1. The van der Waals surface area contributed by atoms with Crippen molar-refractivity contribution in [3.8, 4) is 17.2 Å². The highest BCUT2D eigenvalue weighted by Crippen LogP contribution is 2.36. The second-order valence-corrected chi connectivity index (χ2v) is 7.22. The van der Waals surface area contributed by atoms with E-state index in [-0.39, 0.29) is 24.8 Å². The molecule has 0 aliphatic carbocycles. The number of anilines is 2. The van der Waals surface area contributed by atoms with E-state index in [0.29, 0.717) is 28.4 Å². The maximum absolute atomic E-state index is 12.5. The summed E-state index contributed by atoms with van der Waals surface area (Å²) in [5.41, 5.74) is 2.61. The van der Waals surface area contributed by atoms with E-state index >= 15 is 0 Å². The molecule has 0 heterocycles. The maximum Gasteiger partial charge on any atom is 0.255 e. The molecular formula is C26H28N2O5. The molecule has 33 heavy (non-hydrogen) atoms. The summed E-state index contributed by atoms with van der Waals surface area (Å²) >= 11 is 0. The zero-order valence-corrected chi connectivity index (χ0v) is 19.0. The first kappa shape index (κ1) is 23.7. The van der Waals surface area contributed by atoms with E-state index in [2.05, 4.69) is 17.6 Å². The Morgan fingerprint density at radius 3 is 2.00 bits per heavy atom. The average Bonchev–Trinajstić information content (AvgIpc) is 2.85. The van der Waals surface area contributed by atoms with Crippen LogP contribution in [-0.4, -0.2) is 32.6 Å². The third kappa shape index (κ3) is 6.49. The number of carbonyl (C=O) groups excluding carboxylic acids is 2. The van der Waals surface area contributed by atoms with Gasteiger partial charge in [-0.25, -0.2) is 0 Å². The lowest BCUT2D eigenvalue weighted by Gasteiger charge is -2.16. The lowest BCUT2D eigenvalue weighted by molar-refractivity contribution is -0.116. The molecule has 3 aromatic rings. The van der Waals surface area contributed by atoms with E-state index in [4.69, 9.17) is 14.2 Å². The zero-order valence-electron chi connectivity index (χ0n) is 19.0. The Balaban J connectivity index is 1.64. The highest BCUT2D eigenvalue weighted by molar-refractivity contribution is 6.05. The molecule has 3 aromatic carbocycles. The fraction of sp³-hybridized carbons (Fsp3) is 0.231. The quantitative estimate of drug-likeness (QED) is 0.460. The number of carbonyl (C=O) groups is 2. The van der Waals surface area contributed by atoms with Crippen LogP contribution < -0.4 is 24.8 Å². The number of methoxy groups -OCH3 is 2. The van der Waals surface area contributed by atoms with Gasteiger partial charge in [0.15, 0.2) is 0 Å². The Hall–Kier alpha value is -4.00. The van der Waals surface area contributed by atoms with Crippen LogP contribution >= 0.6 is 0 Å². The van der Waals surface area contributed by atoms with Crippen LogP contribution in [0.1, 0.15) is 29.3 Å². The summed E-state index contributed by atoms with van der Waals surface area (Å²) in [7, 11) is 2.98. The maximum atomic E-state index is 12.5. The van der Waals surface area contributed by atoms with Crippen LogP contribution in [0.15, 0.2) is 66.7 Å². The molecule has 0 aromatic heterocycles. The van der Waals surface area contributed by atoms with Gasteiger partial charge < -0.3 is 24.8 Å². The summed E-state index contributed by atoms with van der Waals surface area (Å²) in [6.45, 7) is 2.33. The molecule has 7 heteroatoms. The first-order valence-electron chi connectivity index (χ1n) is 10.7. The normalized spacial score (nSPS) is 10.3.